The van der Waals surface area contributed by atoms with Crippen LogP contribution in [0.1, 0.15) is 58.2 Å². The van der Waals surface area contributed by atoms with Crippen LogP contribution < -0.4 is 10.5 Å². The number of aromatic nitrogens is 2. The largest absolute Gasteiger partial charge is 0.493 e. The Morgan fingerprint density at radius 3 is 2.38 bits per heavy atom. The zero-order valence-corrected chi connectivity index (χ0v) is 14.0. The summed E-state index contributed by atoms with van der Waals surface area (Å²) < 4.78 is 13.3. The van der Waals surface area contributed by atoms with Crippen LogP contribution in [-0.4, -0.2) is 29.6 Å². The highest BCUT2D eigenvalue weighted by Gasteiger charge is 2.45. The zero-order valence-electron chi connectivity index (χ0n) is 14.0. The molecule has 1 unspecified atom stereocenters. The van der Waals surface area contributed by atoms with Gasteiger partial charge in [0, 0.05) is 13.7 Å². The summed E-state index contributed by atoms with van der Waals surface area (Å²) in [6.07, 6.45) is 5.93. The molecule has 2 rings (SSSR count). The first-order valence-corrected chi connectivity index (χ1v) is 7.79. The summed E-state index contributed by atoms with van der Waals surface area (Å²) in [5.41, 5.74) is 7.63. The van der Waals surface area contributed by atoms with Crippen LogP contribution in [0.3, 0.4) is 0 Å². The van der Waals surface area contributed by atoms with Gasteiger partial charge in [-0.05, 0) is 38.0 Å². The lowest BCUT2D eigenvalue weighted by atomic mass is 9.68. The fourth-order valence-electron chi connectivity index (χ4n) is 3.34. The molecule has 1 aliphatic carbocycles. The van der Waals surface area contributed by atoms with Gasteiger partial charge in [-0.2, -0.15) is 5.10 Å². The molecule has 0 saturated heterocycles. The van der Waals surface area contributed by atoms with Crippen LogP contribution in [0.2, 0.25) is 0 Å². The van der Waals surface area contributed by atoms with Crippen molar-refractivity contribution in [1.82, 2.24) is 9.78 Å². The topological polar surface area (TPSA) is 62.3 Å². The van der Waals surface area contributed by atoms with Crippen LogP contribution in [0.15, 0.2) is 6.20 Å². The number of aryl methyl sites for hydroxylation is 1. The molecule has 1 heterocycles. The van der Waals surface area contributed by atoms with Crippen LogP contribution in [0, 0.1) is 5.41 Å². The Morgan fingerprint density at radius 2 is 1.90 bits per heavy atom. The van der Waals surface area contributed by atoms with E-state index < -0.39 is 0 Å². The van der Waals surface area contributed by atoms with Crippen LogP contribution >= 0.6 is 0 Å². The number of ether oxygens (including phenoxy) is 2. The molecule has 0 radical (unpaired) electrons. The molecule has 0 bridgehead atoms. The van der Waals surface area contributed by atoms with E-state index in [1.54, 1.807) is 20.4 Å². The number of methoxy groups -OCH3 is 2. The average molecular weight is 295 g/mol. The minimum atomic E-state index is -0.324. The molecular weight excluding hydrogens is 266 g/mol. The first-order chi connectivity index (χ1) is 9.89. The zero-order chi connectivity index (χ0) is 15.7. The molecule has 5 heteroatoms. The van der Waals surface area contributed by atoms with Crippen molar-refractivity contribution in [2.24, 2.45) is 11.1 Å². The maximum Gasteiger partial charge on any atom is 0.161 e. The molecule has 0 aromatic carbocycles. The predicted octanol–water partition coefficient (Wildman–Crippen LogP) is 2.90. The van der Waals surface area contributed by atoms with Crippen molar-refractivity contribution >= 4 is 0 Å². The third kappa shape index (κ3) is 2.94. The molecule has 0 aliphatic heterocycles. The second-order valence-electron chi connectivity index (χ2n) is 6.82. The van der Waals surface area contributed by atoms with Gasteiger partial charge in [-0.1, -0.05) is 13.8 Å². The van der Waals surface area contributed by atoms with Crippen LogP contribution in [-0.2, 0) is 11.3 Å². The summed E-state index contributed by atoms with van der Waals surface area (Å²) in [6.45, 7) is 7.47. The van der Waals surface area contributed by atoms with Gasteiger partial charge in [-0.3, -0.25) is 4.68 Å². The van der Waals surface area contributed by atoms with Gasteiger partial charge in [0.1, 0.15) is 0 Å². The normalized spacial score (nSPS) is 22.0. The van der Waals surface area contributed by atoms with Crippen molar-refractivity contribution in [3.63, 3.8) is 0 Å². The van der Waals surface area contributed by atoms with Crippen molar-refractivity contribution in [2.75, 3.05) is 14.2 Å². The van der Waals surface area contributed by atoms with E-state index in [2.05, 4.69) is 25.9 Å². The highest BCUT2D eigenvalue weighted by molar-refractivity contribution is 5.30. The van der Waals surface area contributed by atoms with Gasteiger partial charge >= 0.3 is 0 Å². The Morgan fingerprint density at radius 1 is 1.29 bits per heavy atom. The van der Waals surface area contributed by atoms with Crippen molar-refractivity contribution in [3.05, 3.63) is 11.9 Å². The van der Waals surface area contributed by atoms with E-state index in [-0.39, 0.29) is 11.6 Å². The molecule has 21 heavy (non-hydrogen) atoms. The summed E-state index contributed by atoms with van der Waals surface area (Å²) in [5.74, 6) is 0.755. The molecular formula is C16H29N3O2. The molecule has 5 nitrogen and oxygen atoms in total. The number of hydrogen-bond donors (Lipinski definition) is 1. The molecule has 1 saturated carbocycles. The minimum Gasteiger partial charge on any atom is -0.493 e. The fraction of sp³-hybridized carbons (Fsp3) is 0.812. The first kappa shape index (κ1) is 16.3. The number of nitrogens with zero attached hydrogens (tertiary/aromatic N) is 2. The van der Waals surface area contributed by atoms with Crippen molar-refractivity contribution < 1.29 is 9.47 Å². The van der Waals surface area contributed by atoms with E-state index in [0.29, 0.717) is 5.41 Å². The van der Waals surface area contributed by atoms with E-state index in [9.17, 15) is 0 Å². The average Bonchev–Trinajstić information content (AvgIpc) is 2.90. The molecule has 1 aromatic heterocycles. The summed E-state index contributed by atoms with van der Waals surface area (Å²) >= 11 is 0. The quantitative estimate of drug-likeness (QED) is 0.907. The summed E-state index contributed by atoms with van der Waals surface area (Å²) in [6, 6.07) is -0.226. The molecule has 0 amide bonds. The molecule has 1 fully saturated rings. The summed E-state index contributed by atoms with van der Waals surface area (Å²) in [4.78, 5) is 0. The van der Waals surface area contributed by atoms with Gasteiger partial charge in [0.2, 0.25) is 0 Å². The maximum atomic E-state index is 6.64. The Balaban J connectivity index is 2.33. The Hall–Kier alpha value is -1.07. The van der Waals surface area contributed by atoms with Crippen LogP contribution in [0.4, 0.5) is 0 Å². The lowest BCUT2D eigenvalue weighted by Gasteiger charge is -2.45. The fourth-order valence-corrected chi connectivity index (χ4v) is 3.34. The number of nitrogens with two attached hydrogens (primary N) is 1. The second kappa shape index (κ2) is 5.97. The van der Waals surface area contributed by atoms with E-state index >= 15 is 0 Å². The molecule has 2 N–H and O–H groups in total. The Bertz CT molecular complexity index is 450. The van der Waals surface area contributed by atoms with Gasteiger partial charge in [-0.15, -0.1) is 0 Å². The second-order valence-corrected chi connectivity index (χ2v) is 6.82. The molecule has 120 valence electrons. The van der Waals surface area contributed by atoms with Crippen LogP contribution in [0.25, 0.3) is 0 Å². The third-order valence-corrected chi connectivity index (χ3v) is 5.08. The monoisotopic (exact) mass is 295 g/mol. The standard InChI is InChI=1S/C16H29N3O2/c1-6-19-13(12(20-4)11-18-19)14(17)16(21-5)9-7-15(2,3)8-10-16/h11,14H,6-10,17H2,1-5H3. The Labute approximate surface area is 127 Å². The predicted molar refractivity (Wildman–Crippen MR) is 83.4 cm³/mol. The van der Waals surface area contributed by atoms with Crippen molar-refractivity contribution in [1.29, 1.82) is 0 Å². The van der Waals surface area contributed by atoms with E-state index in [1.807, 2.05) is 4.68 Å². The number of rotatable bonds is 5. The van der Waals surface area contributed by atoms with Crippen molar-refractivity contribution in [3.8, 4) is 5.75 Å². The molecule has 1 aliphatic rings. The lowest BCUT2D eigenvalue weighted by Crippen LogP contribution is -2.48. The summed E-state index contributed by atoms with van der Waals surface area (Å²) in [5, 5.41) is 4.37. The highest BCUT2D eigenvalue weighted by Crippen LogP contribution is 2.47. The first-order valence-electron chi connectivity index (χ1n) is 7.79. The lowest BCUT2D eigenvalue weighted by molar-refractivity contribution is -0.0812. The minimum absolute atomic E-state index is 0.226. The van der Waals surface area contributed by atoms with E-state index in [0.717, 1.165) is 43.7 Å². The van der Waals surface area contributed by atoms with Gasteiger partial charge < -0.3 is 15.2 Å². The molecule has 0 spiro atoms. The number of hydrogen-bond acceptors (Lipinski definition) is 4. The van der Waals surface area contributed by atoms with Gasteiger partial charge in [-0.25, -0.2) is 0 Å². The van der Waals surface area contributed by atoms with Gasteiger partial charge in [0.05, 0.1) is 30.6 Å². The molecule has 1 atom stereocenters. The third-order valence-electron chi connectivity index (χ3n) is 5.08. The molecule has 1 aromatic rings. The maximum absolute atomic E-state index is 6.64. The van der Waals surface area contributed by atoms with Crippen molar-refractivity contribution in [2.45, 2.75) is 64.6 Å². The van der Waals surface area contributed by atoms with Gasteiger partial charge in [0.25, 0.3) is 0 Å². The van der Waals surface area contributed by atoms with Gasteiger partial charge in [0.15, 0.2) is 5.75 Å². The highest BCUT2D eigenvalue weighted by atomic mass is 16.5. The Kier molecular flexibility index (Phi) is 4.63. The van der Waals surface area contributed by atoms with E-state index in [4.69, 9.17) is 15.2 Å². The summed E-state index contributed by atoms with van der Waals surface area (Å²) in [7, 11) is 3.44. The SMILES string of the molecule is CCn1ncc(OC)c1C(N)C1(OC)CCC(C)(C)CC1. The smallest absolute Gasteiger partial charge is 0.161 e. The van der Waals surface area contributed by atoms with E-state index in [1.165, 1.54) is 0 Å². The van der Waals surface area contributed by atoms with Crippen LogP contribution in [0.5, 0.6) is 5.75 Å².